The maximum atomic E-state index is 12.6. The number of nitrogens with zero attached hydrogens (tertiary/aromatic N) is 2. The Morgan fingerprint density at radius 1 is 1.10 bits per heavy atom. The number of carbonyl (C=O) groups excluding carboxylic acids is 3. The molecule has 0 spiro atoms. The fraction of sp³-hybridized carbons (Fsp3) is 0.0952. The molecule has 146 valence electrons. The molecule has 0 bridgehead atoms. The van der Waals surface area contributed by atoms with Gasteiger partial charge < -0.3 is 0 Å². The van der Waals surface area contributed by atoms with Crippen molar-refractivity contribution in [2.45, 2.75) is 6.92 Å². The van der Waals surface area contributed by atoms with Gasteiger partial charge in [0.05, 0.1) is 16.4 Å². The van der Waals surface area contributed by atoms with Crippen molar-refractivity contribution in [3.8, 4) is 0 Å². The van der Waals surface area contributed by atoms with Crippen molar-refractivity contribution in [1.82, 2.24) is 4.90 Å². The van der Waals surface area contributed by atoms with Crippen molar-refractivity contribution >= 4 is 40.5 Å². The Morgan fingerprint density at radius 2 is 1.76 bits per heavy atom. The zero-order valence-corrected chi connectivity index (χ0v) is 16.2. The highest BCUT2D eigenvalue weighted by atomic mass is 32.2. The molecule has 0 radical (unpaired) electrons. The molecule has 3 rings (SSSR count). The van der Waals surface area contributed by atoms with Gasteiger partial charge in [-0.25, -0.2) is 0 Å². The van der Waals surface area contributed by atoms with Gasteiger partial charge in [0.25, 0.3) is 16.8 Å². The highest BCUT2D eigenvalue weighted by Gasteiger charge is 2.36. The normalized spacial score (nSPS) is 15.8. The number of amides is 2. The number of carbonyl (C=O) groups is 3. The van der Waals surface area contributed by atoms with Crippen LogP contribution < -0.4 is 0 Å². The van der Waals surface area contributed by atoms with Gasteiger partial charge in [0, 0.05) is 17.7 Å². The van der Waals surface area contributed by atoms with E-state index in [-0.39, 0.29) is 16.2 Å². The first-order valence-electron chi connectivity index (χ1n) is 8.61. The highest BCUT2D eigenvalue weighted by Crippen LogP contribution is 2.32. The molecule has 0 atom stereocenters. The van der Waals surface area contributed by atoms with E-state index >= 15 is 0 Å². The van der Waals surface area contributed by atoms with Crippen LogP contribution in [0.25, 0.3) is 6.08 Å². The number of hydrogen-bond donors (Lipinski definition) is 0. The summed E-state index contributed by atoms with van der Waals surface area (Å²) in [5.41, 5.74) is 1.81. The van der Waals surface area contributed by atoms with Crippen LogP contribution in [-0.4, -0.2) is 33.3 Å². The van der Waals surface area contributed by atoms with E-state index in [0.29, 0.717) is 0 Å². The molecule has 2 aromatic carbocycles. The first-order chi connectivity index (χ1) is 13.8. The second-order valence-corrected chi connectivity index (χ2v) is 7.29. The molecule has 1 aliphatic rings. The summed E-state index contributed by atoms with van der Waals surface area (Å²) < 4.78 is 0. The third kappa shape index (κ3) is 4.85. The van der Waals surface area contributed by atoms with Crippen LogP contribution in [0, 0.1) is 10.1 Å². The minimum absolute atomic E-state index is 0.142. The summed E-state index contributed by atoms with van der Waals surface area (Å²) in [7, 11) is 0. The summed E-state index contributed by atoms with van der Waals surface area (Å²) >= 11 is 0.780. The fourth-order valence-corrected chi connectivity index (χ4v) is 3.59. The molecule has 2 amide bonds. The molecule has 0 N–H and O–H groups in total. The van der Waals surface area contributed by atoms with Crippen molar-refractivity contribution in [3.63, 3.8) is 0 Å². The minimum atomic E-state index is -0.569. The number of non-ortho nitro benzene ring substituents is 1. The molecule has 2 aromatic rings. The van der Waals surface area contributed by atoms with E-state index in [4.69, 9.17) is 0 Å². The van der Waals surface area contributed by atoms with Gasteiger partial charge in [0.1, 0.15) is 0 Å². The predicted octanol–water partition coefficient (Wildman–Crippen LogP) is 4.46. The van der Waals surface area contributed by atoms with Crippen molar-refractivity contribution in [2.75, 3.05) is 6.54 Å². The van der Waals surface area contributed by atoms with Crippen molar-refractivity contribution in [2.24, 2.45) is 0 Å². The Morgan fingerprint density at radius 3 is 2.38 bits per heavy atom. The minimum Gasteiger partial charge on any atom is -0.292 e. The van der Waals surface area contributed by atoms with Crippen LogP contribution in [0.4, 0.5) is 10.5 Å². The quantitative estimate of drug-likeness (QED) is 0.303. The maximum Gasteiger partial charge on any atom is 0.293 e. The van der Waals surface area contributed by atoms with Crippen LogP contribution in [0.5, 0.6) is 0 Å². The lowest BCUT2D eigenvalue weighted by atomic mass is 10.1. The first kappa shape index (κ1) is 20.2. The molecule has 0 aromatic heterocycles. The molecule has 7 nitrogen and oxygen atoms in total. The molecule has 1 saturated heterocycles. The Balaban J connectivity index is 1.72. The van der Waals surface area contributed by atoms with Gasteiger partial charge in [-0.2, -0.15) is 0 Å². The SMILES string of the molecule is CC(=C\c1ccccc1)/C=C1/SC(=O)N(CC(=O)c2ccc([N+](=O)[O-])cc2)C1=O. The molecule has 0 saturated carbocycles. The average Bonchev–Trinajstić information content (AvgIpc) is 2.96. The summed E-state index contributed by atoms with van der Waals surface area (Å²) in [5, 5.41) is 10.2. The zero-order valence-electron chi connectivity index (χ0n) is 15.4. The summed E-state index contributed by atoms with van der Waals surface area (Å²) in [4.78, 5) is 48.4. The number of rotatable bonds is 6. The van der Waals surface area contributed by atoms with E-state index in [1.54, 1.807) is 6.08 Å². The van der Waals surface area contributed by atoms with E-state index in [0.717, 1.165) is 27.8 Å². The summed E-state index contributed by atoms with van der Waals surface area (Å²) in [6, 6.07) is 14.6. The van der Waals surface area contributed by atoms with Gasteiger partial charge in [-0.05, 0) is 48.0 Å². The van der Waals surface area contributed by atoms with Crippen LogP contribution >= 0.6 is 11.8 Å². The lowest BCUT2D eigenvalue weighted by Crippen LogP contribution is -2.33. The third-order valence-corrected chi connectivity index (χ3v) is 5.04. The zero-order chi connectivity index (χ0) is 21.0. The van der Waals surface area contributed by atoms with Crippen LogP contribution in [0.15, 0.2) is 71.2 Å². The second kappa shape index (κ2) is 8.66. The maximum absolute atomic E-state index is 12.6. The number of nitro benzene ring substituents is 1. The van der Waals surface area contributed by atoms with Crippen molar-refractivity contribution < 1.29 is 19.3 Å². The molecule has 1 heterocycles. The molecule has 0 aliphatic carbocycles. The number of thioether (sulfide) groups is 1. The van der Waals surface area contributed by atoms with E-state index < -0.39 is 28.4 Å². The molecular formula is C21H16N2O5S. The Bertz CT molecular complexity index is 1040. The molecule has 29 heavy (non-hydrogen) atoms. The van der Waals surface area contributed by atoms with Crippen molar-refractivity contribution in [1.29, 1.82) is 0 Å². The Labute approximate surface area is 170 Å². The number of hydrogen-bond acceptors (Lipinski definition) is 6. The summed E-state index contributed by atoms with van der Waals surface area (Å²) in [5.74, 6) is -1.00. The lowest BCUT2D eigenvalue weighted by molar-refractivity contribution is -0.384. The van der Waals surface area contributed by atoms with Gasteiger partial charge >= 0.3 is 0 Å². The largest absolute Gasteiger partial charge is 0.293 e. The number of allylic oxidation sites excluding steroid dienone is 2. The molecule has 1 fully saturated rings. The first-order valence-corrected chi connectivity index (χ1v) is 9.43. The number of benzene rings is 2. The molecule has 0 unspecified atom stereocenters. The topological polar surface area (TPSA) is 97.6 Å². The molecule has 1 aliphatic heterocycles. The number of imide groups is 1. The number of nitro groups is 1. The van der Waals surface area contributed by atoms with Gasteiger partial charge in [-0.1, -0.05) is 36.4 Å². The van der Waals surface area contributed by atoms with Gasteiger partial charge in [-0.3, -0.25) is 29.4 Å². The fourth-order valence-electron chi connectivity index (χ4n) is 2.70. The number of Topliss-reactive ketones (excluding diaryl/α,β-unsaturated/α-hetero) is 1. The smallest absolute Gasteiger partial charge is 0.292 e. The van der Waals surface area contributed by atoms with E-state index in [2.05, 4.69) is 0 Å². The van der Waals surface area contributed by atoms with Gasteiger partial charge in [0.15, 0.2) is 5.78 Å². The van der Waals surface area contributed by atoms with Crippen LogP contribution in [0.1, 0.15) is 22.8 Å². The van der Waals surface area contributed by atoms with Gasteiger partial charge in [0.2, 0.25) is 0 Å². The van der Waals surface area contributed by atoms with Gasteiger partial charge in [-0.15, -0.1) is 0 Å². The summed E-state index contributed by atoms with van der Waals surface area (Å²) in [6.07, 6.45) is 3.50. The standard InChI is InChI=1S/C21H16N2O5S/c1-14(11-15-5-3-2-4-6-15)12-19-20(25)22(21(26)29-19)13-18(24)16-7-9-17(10-8-16)23(27)28/h2-12H,13H2,1H3/b14-11+,19-12+. The lowest BCUT2D eigenvalue weighted by Gasteiger charge is -2.11. The molecular weight excluding hydrogens is 392 g/mol. The summed E-state index contributed by atoms with van der Waals surface area (Å²) in [6.45, 7) is 1.41. The molecule has 8 heteroatoms. The Hall–Kier alpha value is -3.52. The van der Waals surface area contributed by atoms with E-state index in [9.17, 15) is 24.5 Å². The second-order valence-electron chi connectivity index (χ2n) is 6.29. The average molecular weight is 408 g/mol. The predicted molar refractivity (Wildman–Crippen MR) is 110 cm³/mol. The monoisotopic (exact) mass is 408 g/mol. The third-order valence-electron chi connectivity index (χ3n) is 4.13. The van der Waals surface area contributed by atoms with Crippen molar-refractivity contribution in [3.05, 3.63) is 92.4 Å². The highest BCUT2D eigenvalue weighted by molar-refractivity contribution is 8.18. The van der Waals surface area contributed by atoms with Crippen LogP contribution in [0.3, 0.4) is 0 Å². The van der Waals surface area contributed by atoms with Crippen LogP contribution in [0.2, 0.25) is 0 Å². The Kier molecular flexibility index (Phi) is 6.04. The van der Waals surface area contributed by atoms with E-state index in [1.807, 2.05) is 43.3 Å². The van der Waals surface area contributed by atoms with Crippen LogP contribution in [-0.2, 0) is 4.79 Å². The van der Waals surface area contributed by atoms with E-state index in [1.165, 1.54) is 24.3 Å². The number of ketones is 1.